The molecule has 1 fully saturated rings. The number of aryl methyl sites for hydroxylation is 1. The van der Waals surface area contributed by atoms with E-state index in [0.29, 0.717) is 18.3 Å². The molecule has 0 saturated carbocycles. The maximum Gasteiger partial charge on any atom is 0.223 e. The van der Waals surface area contributed by atoms with Gasteiger partial charge in [-0.3, -0.25) is 4.90 Å². The fourth-order valence-corrected chi connectivity index (χ4v) is 3.03. The third-order valence-electron chi connectivity index (χ3n) is 4.21. The van der Waals surface area contributed by atoms with E-state index in [9.17, 15) is 0 Å². The van der Waals surface area contributed by atoms with Crippen molar-refractivity contribution in [2.45, 2.75) is 39.3 Å². The van der Waals surface area contributed by atoms with Gasteiger partial charge in [0.2, 0.25) is 5.89 Å². The molecular weight excluding hydrogens is 320 g/mol. The average molecular weight is 346 g/mol. The Bertz CT molecular complexity index is 660. The minimum atomic E-state index is 0.203. The number of likely N-dealkylation sites (tertiary alicyclic amines) is 1. The Hall–Kier alpha value is -2.35. The van der Waals surface area contributed by atoms with Gasteiger partial charge >= 0.3 is 0 Å². The lowest BCUT2D eigenvalue weighted by atomic mass is 10.2. The van der Waals surface area contributed by atoms with Crippen LogP contribution >= 0.6 is 0 Å². The SMILES string of the molecule is CCNC(=NCc1noc(C)n1)NCC(c1ccco1)N1CCCC1. The van der Waals surface area contributed by atoms with Crippen LogP contribution in [-0.2, 0) is 6.54 Å². The lowest BCUT2D eigenvalue weighted by molar-refractivity contribution is 0.215. The zero-order valence-electron chi connectivity index (χ0n) is 14.9. The lowest BCUT2D eigenvalue weighted by Gasteiger charge is -2.26. The van der Waals surface area contributed by atoms with Crippen LogP contribution in [-0.4, -0.2) is 47.2 Å². The number of furan rings is 1. The molecule has 1 atom stereocenters. The van der Waals surface area contributed by atoms with Gasteiger partial charge < -0.3 is 19.6 Å². The molecule has 1 unspecified atom stereocenters. The van der Waals surface area contributed by atoms with Gasteiger partial charge in [-0.15, -0.1) is 0 Å². The summed E-state index contributed by atoms with van der Waals surface area (Å²) in [5.74, 6) is 2.85. The largest absolute Gasteiger partial charge is 0.468 e. The van der Waals surface area contributed by atoms with Gasteiger partial charge in [0.05, 0.1) is 12.3 Å². The number of rotatable bonds is 7. The second-order valence-corrected chi connectivity index (χ2v) is 6.08. The Morgan fingerprint density at radius 3 is 2.84 bits per heavy atom. The first kappa shape index (κ1) is 17.5. The van der Waals surface area contributed by atoms with Crippen molar-refractivity contribution in [1.29, 1.82) is 0 Å². The predicted molar refractivity (Wildman–Crippen MR) is 94.1 cm³/mol. The summed E-state index contributed by atoms with van der Waals surface area (Å²) in [5.41, 5.74) is 0. The van der Waals surface area contributed by atoms with E-state index in [2.05, 4.69) is 30.7 Å². The number of hydrogen-bond acceptors (Lipinski definition) is 6. The Labute approximate surface area is 147 Å². The number of hydrogen-bond donors (Lipinski definition) is 2. The number of nitrogens with zero attached hydrogens (tertiary/aromatic N) is 4. The minimum Gasteiger partial charge on any atom is -0.468 e. The van der Waals surface area contributed by atoms with Crippen LogP contribution in [0.1, 0.15) is 43.3 Å². The molecule has 1 aliphatic rings. The molecule has 1 saturated heterocycles. The van der Waals surface area contributed by atoms with E-state index in [-0.39, 0.29) is 6.04 Å². The zero-order valence-corrected chi connectivity index (χ0v) is 14.9. The molecular formula is C17H26N6O2. The number of aliphatic imine (C=N–C) groups is 1. The van der Waals surface area contributed by atoms with E-state index in [0.717, 1.165) is 37.9 Å². The summed E-state index contributed by atoms with van der Waals surface area (Å²) < 4.78 is 10.6. The Balaban J connectivity index is 1.63. The molecule has 0 amide bonds. The molecule has 2 aromatic heterocycles. The molecule has 0 spiro atoms. The Morgan fingerprint density at radius 2 is 2.20 bits per heavy atom. The summed E-state index contributed by atoms with van der Waals surface area (Å²) >= 11 is 0. The summed E-state index contributed by atoms with van der Waals surface area (Å²) in [5, 5.41) is 10.5. The van der Waals surface area contributed by atoms with Crippen molar-refractivity contribution in [3.05, 3.63) is 35.9 Å². The van der Waals surface area contributed by atoms with E-state index in [1.165, 1.54) is 12.8 Å². The average Bonchev–Trinajstić information content (AvgIpc) is 3.36. The van der Waals surface area contributed by atoms with Gasteiger partial charge in [-0.05, 0) is 45.0 Å². The van der Waals surface area contributed by atoms with Crippen LogP contribution < -0.4 is 10.6 Å². The van der Waals surface area contributed by atoms with Gasteiger partial charge in [0.25, 0.3) is 0 Å². The molecule has 0 radical (unpaired) electrons. The second-order valence-electron chi connectivity index (χ2n) is 6.08. The number of aromatic nitrogens is 2. The fraction of sp³-hybridized carbons (Fsp3) is 0.588. The highest BCUT2D eigenvalue weighted by molar-refractivity contribution is 5.79. The van der Waals surface area contributed by atoms with Crippen molar-refractivity contribution >= 4 is 5.96 Å². The lowest BCUT2D eigenvalue weighted by Crippen LogP contribution is -2.42. The topological polar surface area (TPSA) is 91.7 Å². The van der Waals surface area contributed by atoms with E-state index in [1.54, 1.807) is 13.2 Å². The smallest absolute Gasteiger partial charge is 0.223 e. The van der Waals surface area contributed by atoms with Crippen molar-refractivity contribution in [1.82, 2.24) is 25.7 Å². The van der Waals surface area contributed by atoms with Crippen LogP contribution in [0.2, 0.25) is 0 Å². The van der Waals surface area contributed by atoms with Gasteiger partial charge in [0.1, 0.15) is 12.3 Å². The predicted octanol–water partition coefficient (Wildman–Crippen LogP) is 1.86. The monoisotopic (exact) mass is 346 g/mol. The van der Waals surface area contributed by atoms with E-state index < -0.39 is 0 Å². The summed E-state index contributed by atoms with van der Waals surface area (Å²) in [7, 11) is 0. The Morgan fingerprint density at radius 1 is 1.36 bits per heavy atom. The Kier molecular flexibility index (Phi) is 6.05. The van der Waals surface area contributed by atoms with Crippen LogP contribution in [0, 0.1) is 6.92 Å². The van der Waals surface area contributed by atoms with Gasteiger partial charge in [0, 0.05) is 20.0 Å². The molecule has 2 aromatic rings. The van der Waals surface area contributed by atoms with Crippen LogP contribution in [0.3, 0.4) is 0 Å². The summed E-state index contributed by atoms with van der Waals surface area (Å²) in [6.45, 7) is 7.90. The van der Waals surface area contributed by atoms with Crippen LogP contribution in [0.4, 0.5) is 0 Å². The van der Waals surface area contributed by atoms with E-state index >= 15 is 0 Å². The molecule has 25 heavy (non-hydrogen) atoms. The highest BCUT2D eigenvalue weighted by Gasteiger charge is 2.25. The minimum absolute atomic E-state index is 0.203. The zero-order chi connectivity index (χ0) is 17.5. The van der Waals surface area contributed by atoms with Gasteiger partial charge in [0.15, 0.2) is 11.8 Å². The van der Waals surface area contributed by atoms with E-state index in [1.807, 2.05) is 19.1 Å². The van der Waals surface area contributed by atoms with E-state index in [4.69, 9.17) is 8.94 Å². The first-order valence-corrected chi connectivity index (χ1v) is 8.85. The van der Waals surface area contributed by atoms with Crippen molar-refractivity contribution in [2.24, 2.45) is 4.99 Å². The van der Waals surface area contributed by atoms with Gasteiger partial charge in [-0.2, -0.15) is 4.98 Å². The molecule has 8 heteroatoms. The number of guanidine groups is 1. The quantitative estimate of drug-likeness (QED) is 0.584. The van der Waals surface area contributed by atoms with Crippen molar-refractivity contribution in [3.63, 3.8) is 0 Å². The summed E-state index contributed by atoms with van der Waals surface area (Å²) in [6, 6.07) is 4.18. The van der Waals surface area contributed by atoms with Crippen LogP contribution in [0.25, 0.3) is 0 Å². The molecule has 1 aliphatic heterocycles. The third kappa shape index (κ3) is 4.82. The number of nitrogens with one attached hydrogen (secondary N) is 2. The summed E-state index contributed by atoms with van der Waals surface area (Å²) in [4.78, 5) is 11.2. The normalized spacial score (nSPS) is 17.0. The maximum absolute atomic E-state index is 5.66. The maximum atomic E-state index is 5.66. The van der Waals surface area contributed by atoms with Crippen LogP contribution in [0.5, 0.6) is 0 Å². The van der Waals surface area contributed by atoms with Crippen molar-refractivity contribution in [2.75, 3.05) is 26.2 Å². The second kappa shape index (κ2) is 8.66. The highest BCUT2D eigenvalue weighted by atomic mass is 16.5. The fourth-order valence-electron chi connectivity index (χ4n) is 3.03. The molecule has 3 heterocycles. The van der Waals surface area contributed by atoms with Gasteiger partial charge in [-0.1, -0.05) is 5.16 Å². The van der Waals surface area contributed by atoms with Gasteiger partial charge in [-0.25, -0.2) is 4.99 Å². The summed E-state index contributed by atoms with van der Waals surface area (Å²) in [6.07, 6.45) is 4.21. The third-order valence-corrected chi connectivity index (χ3v) is 4.21. The first-order valence-electron chi connectivity index (χ1n) is 8.85. The standard InChI is InChI=1S/C17H26N6O2/c1-3-18-17(20-12-16-21-13(2)25-22-16)19-11-14(15-7-6-10-24-15)23-8-4-5-9-23/h6-7,10,14H,3-5,8-9,11-12H2,1-2H3,(H2,18,19,20). The van der Waals surface area contributed by atoms with Crippen molar-refractivity contribution in [3.8, 4) is 0 Å². The molecule has 2 N–H and O–H groups in total. The molecule has 0 aromatic carbocycles. The first-order chi connectivity index (χ1) is 12.3. The molecule has 0 bridgehead atoms. The van der Waals surface area contributed by atoms with Crippen molar-refractivity contribution < 1.29 is 8.94 Å². The molecule has 136 valence electrons. The molecule has 8 nitrogen and oxygen atoms in total. The molecule has 0 aliphatic carbocycles. The highest BCUT2D eigenvalue weighted by Crippen LogP contribution is 2.24. The molecule has 3 rings (SSSR count). The van der Waals surface area contributed by atoms with Crippen LogP contribution in [0.15, 0.2) is 32.3 Å².